The Hall–Kier alpha value is -1.59. The third-order valence-corrected chi connectivity index (χ3v) is 4.16. The van der Waals surface area contributed by atoms with Crippen LogP contribution in [0.5, 0.6) is 0 Å². The van der Waals surface area contributed by atoms with Crippen molar-refractivity contribution in [2.75, 3.05) is 7.05 Å². The molecule has 0 saturated heterocycles. The lowest BCUT2D eigenvalue weighted by Gasteiger charge is -2.36. The molecule has 2 rings (SSSR count). The van der Waals surface area contributed by atoms with Crippen LogP contribution in [0.2, 0.25) is 0 Å². The van der Waals surface area contributed by atoms with Crippen molar-refractivity contribution in [2.45, 2.75) is 63.5 Å². The Balaban J connectivity index is 2.01. The van der Waals surface area contributed by atoms with Gasteiger partial charge in [-0.05, 0) is 19.3 Å². The zero-order valence-electron chi connectivity index (χ0n) is 12.2. The molecule has 1 heterocycles. The van der Waals surface area contributed by atoms with E-state index in [1.54, 1.807) is 7.05 Å². The Bertz CT molecular complexity index is 414. The van der Waals surface area contributed by atoms with Gasteiger partial charge in [-0.2, -0.15) is 0 Å². The molecule has 1 atom stereocenters. The van der Waals surface area contributed by atoms with Gasteiger partial charge in [-0.3, -0.25) is 9.59 Å². The number of amides is 2. The lowest BCUT2D eigenvalue weighted by atomic mass is 9.80. The van der Waals surface area contributed by atoms with E-state index in [1.165, 1.54) is 0 Å². The first-order chi connectivity index (χ1) is 9.61. The topological polar surface area (TPSA) is 79.8 Å². The fraction of sp³-hybridized carbons (Fsp3) is 0.786. The summed E-state index contributed by atoms with van der Waals surface area (Å²) in [4.78, 5) is 29.6. The minimum absolute atomic E-state index is 0.111. The summed E-state index contributed by atoms with van der Waals surface area (Å²) in [7, 11) is 1.61. The van der Waals surface area contributed by atoms with Crippen molar-refractivity contribution >= 4 is 17.5 Å². The second-order valence-electron chi connectivity index (χ2n) is 5.52. The summed E-state index contributed by atoms with van der Waals surface area (Å²) in [5.74, 6) is -0.345. The Morgan fingerprint density at radius 1 is 1.35 bits per heavy atom. The van der Waals surface area contributed by atoms with E-state index < -0.39 is 11.6 Å². The quantitative estimate of drug-likeness (QED) is 0.810. The van der Waals surface area contributed by atoms with Gasteiger partial charge in [-0.1, -0.05) is 31.3 Å². The van der Waals surface area contributed by atoms with Crippen molar-refractivity contribution in [1.82, 2.24) is 10.6 Å². The fourth-order valence-corrected chi connectivity index (χ4v) is 2.90. The molecule has 20 heavy (non-hydrogen) atoms. The third-order valence-electron chi connectivity index (χ3n) is 4.16. The van der Waals surface area contributed by atoms with E-state index in [-0.39, 0.29) is 11.8 Å². The van der Waals surface area contributed by atoms with Crippen molar-refractivity contribution in [3.8, 4) is 0 Å². The third kappa shape index (κ3) is 2.94. The highest BCUT2D eigenvalue weighted by Crippen LogP contribution is 2.29. The lowest BCUT2D eigenvalue weighted by Crippen LogP contribution is -2.60. The second-order valence-corrected chi connectivity index (χ2v) is 5.52. The molecule has 0 radical (unpaired) electrons. The van der Waals surface area contributed by atoms with E-state index in [2.05, 4.69) is 15.8 Å². The van der Waals surface area contributed by atoms with E-state index in [4.69, 9.17) is 4.84 Å². The van der Waals surface area contributed by atoms with Crippen LogP contribution < -0.4 is 10.6 Å². The molecule has 1 fully saturated rings. The van der Waals surface area contributed by atoms with Crippen LogP contribution in [0.25, 0.3) is 0 Å². The molecular formula is C14H23N3O3. The SMILES string of the molecule is CCC1=NOC(C(=O)NC2(C(=O)NC)CCCCC2)C1. The average molecular weight is 281 g/mol. The van der Waals surface area contributed by atoms with Gasteiger partial charge in [-0.25, -0.2) is 0 Å². The molecule has 6 nitrogen and oxygen atoms in total. The zero-order chi connectivity index (χ0) is 14.6. The second kappa shape index (κ2) is 6.24. The molecule has 0 aromatic heterocycles. The zero-order valence-corrected chi connectivity index (χ0v) is 12.2. The number of oxime groups is 1. The first-order valence-electron chi connectivity index (χ1n) is 7.37. The summed E-state index contributed by atoms with van der Waals surface area (Å²) in [6.07, 6.45) is 5.10. The first-order valence-corrected chi connectivity index (χ1v) is 7.37. The maximum atomic E-state index is 12.3. The highest BCUT2D eigenvalue weighted by atomic mass is 16.6. The Labute approximate surface area is 119 Å². The molecule has 2 aliphatic rings. The maximum absolute atomic E-state index is 12.3. The van der Waals surface area contributed by atoms with E-state index in [9.17, 15) is 9.59 Å². The van der Waals surface area contributed by atoms with E-state index in [0.29, 0.717) is 19.3 Å². The van der Waals surface area contributed by atoms with Crippen LogP contribution in [0.15, 0.2) is 5.16 Å². The lowest BCUT2D eigenvalue weighted by molar-refractivity contribution is -0.140. The molecule has 6 heteroatoms. The van der Waals surface area contributed by atoms with Crippen LogP contribution in [0.3, 0.4) is 0 Å². The van der Waals surface area contributed by atoms with E-state index in [1.807, 2.05) is 6.92 Å². The molecule has 0 aromatic rings. The van der Waals surface area contributed by atoms with Gasteiger partial charge in [0.25, 0.3) is 5.91 Å². The van der Waals surface area contributed by atoms with E-state index in [0.717, 1.165) is 31.4 Å². The van der Waals surface area contributed by atoms with Crippen molar-refractivity contribution in [2.24, 2.45) is 5.16 Å². The molecule has 0 aromatic carbocycles. The Morgan fingerprint density at radius 2 is 2.05 bits per heavy atom. The number of hydrogen-bond donors (Lipinski definition) is 2. The van der Waals surface area contributed by atoms with Crippen LogP contribution in [0.1, 0.15) is 51.9 Å². The number of carbonyl (C=O) groups is 2. The number of nitrogens with zero attached hydrogens (tertiary/aromatic N) is 1. The van der Waals surface area contributed by atoms with Gasteiger partial charge >= 0.3 is 0 Å². The van der Waals surface area contributed by atoms with Crippen LogP contribution in [-0.2, 0) is 14.4 Å². The Morgan fingerprint density at radius 3 is 2.60 bits per heavy atom. The predicted octanol–water partition coefficient (Wildman–Crippen LogP) is 1.11. The summed E-state index contributed by atoms with van der Waals surface area (Å²) in [5, 5.41) is 9.48. The molecule has 0 bridgehead atoms. The average Bonchev–Trinajstić information content (AvgIpc) is 2.96. The van der Waals surface area contributed by atoms with Crippen molar-refractivity contribution in [3.63, 3.8) is 0 Å². The molecule has 1 aliphatic heterocycles. The standard InChI is InChI=1S/C14H23N3O3/c1-3-10-9-11(20-17-10)12(18)16-14(13(19)15-2)7-5-4-6-8-14/h11H,3-9H2,1-2H3,(H,15,19)(H,16,18). The van der Waals surface area contributed by atoms with Gasteiger partial charge in [0.15, 0.2) is 0 Å². The van der Waals surface area contributed by atoms with Gasteiger partial charge in [0.2, 0.25) is 12.0 Å². The molecule has 2 amide bonds. The number of nitrogens with one attached hydrogen (secondary N) is 2. The smallest absolute Gasteiger partial charge is 0.265 e. The van der Waals surface area contributed by atoms with Gasteiger partial charge in [0, 0.05) is 13.5 Å². The molecular weight excluding hydrogens is 258 g/mol. The normalized spacial score (nSPS) is 24.5. The number of carbonyl (C=O) groups excluding carboxylic acids is 2. The van der Waals surface area contributed by atoms with Crippen LogP contribution in [-0.4, -0.2) is 36.2 Å². The number of hydrogen-bond acceptors (Lipinski definition) is 4. The van der Waals surface area contributed by atoms with Gasteiger partial charge in [-0.15, -0.1) is 0 Å². The Kier molecular flexibility index (Phi) is 4.62. The highest BCUT2D eigenvalue weighted by Gasteiger charge is 2.42. The molecule has 2 N–H and O–H groups in total. The van der Waals surface area contributed by atoms with Crippen LogP contribution in [0.4, 0.5) is 0 Å². The summed E-state index contributed by atoms with van der Waals surface area (Å²) < 4.78 is 0. The molecule has 112 valence electrons. The van der Waals surface area contributed by atoms with E-state index >= 15 is 0 Å². The minimum Gasteiger partial charge on any atom is -0.382 e. The highest BCUT2D eigenvalue weighted by molar-refractivity contribution is 5.96. The monoisotopic (exact) mass is 281 g/mol. The van der Waals surface area contributed by atoms with Crippen LogP contribution >= 0.6 is 0 Å². The predicted molar refractivity (Wildman–Crippen MR) is 75.2 cm³/mol. The largest absolute Gasteiger partial charge is 0.382 e. The minimum atomic E-state index is -0.775. The van der Waals surface area contributed by atoms with Gasteiger partial charge in [0.1, 0.15) is 5.54 Å². The first kappa shape index (κ1) is 14.8. The summed E-state index contributed by atoms with van der Waals surface area (Å²) in [5.41, 5.74) is 0.116. The number of rotatable bonds is 4. The summed E-state index contributed by atoms with van der Waals surface area (Å²) in [6.45, 7) is 1.98. The van der Waals surface area contributed by atoms with Gasteiger partial charge in [0.05, 0.1) is 5.71 Å². The maximum Gasteiger partial charge on any atom is 0.265 e. The molecule has 0 spiro atoms. The van der Waals surface area contributed by atoms with Gasteiger partial charge < -0.3 is 15.5 Å². The molecule has 1 aliphatic carbocycles. The van der Waals surface area contributed by atoms with Crippen molar-refractivity contribution < 1.29 is 14.4 Å². The van der Waals surface area contributed by atoms with Crippen molar-refractivity contribution in [1.29, 1.82) is 0 Å². The number of likely N-dealkylation sites (N-methyl/N-ethyl adjacent to an activating group) is 1. The summed E-state index contributed by atoms with van der Waals surface area (Å²) >= 11 is 0. The molecule has 1 saturated carbocycles. The van der Waals surface area contributed by atoms with Crippen LogP contribution in [0, 0.1) is 0 Å². The fourth-order valence-electron chi connectivity index (χ4n) is 2.90. The molecule has 1 unspecified atom stereocenters. The van der Waals surface area contributed by atoms with Crippen molar-refractivity contribution in [3.05, 3.63) is 0 Å². The summed E-state index contributed by atoms with van der Waals surface area (Å²) in [6, 6.07) is 0.